The van der Waals surface area contributed by atoms with Gasteiger partial charge in [0.2, 0.25) is 10.0 Å². The minimum atomic E-state index is -4.84. The van der Waals surface area contributed by atoms with Gasteiger partial charge in [-0.05, 0) is 30.3 Å². The number of hydrogen-bond donors (Lipinski definition) is 2. The lowest BCUT2D eigenvalue weighted by molar-refractivity contribution is -0.290. The topological polar surface area (TPSA) is 103 Å². The molecule has 1 aliphatic carbocycles. The number of benzene rings is 1. The molecule has 12 heteroatoms. The van der Waals surface area contributed by atoms with E-state index in [1.807, 2.05) is 0 Å². The standard InChI is InChI=1S/C17H12ClF4N3O3S/c18-12-5-10(1-2-11(12)14-4-3-13(19)15(8-23)24-14)29(27,28)25-9-6-16(26,7-9)17(20,21)22/h1-5,9,25-26H,6-7H2. The average Bonchev–Trinajstić information content (AvgIpc) is 2.59. The van der Waals surface area contributed by atoms with E-state index in [0.717, 1.165) is 18.2 Å². The normalized spacial score (nSPS) is 22.0. The molecule has 0 aliphatic heterocycles. The number of nitrogens with zero attached hydrogens (tertiary/aromatic N) is 2. The number of sulfonamides is 1. The Hall–Kier alpha value is -2.26. The number of rotatable bonds is 4. The molecule has 1 aromatic carbocycles. The molecule has 0 atom stereocenters. The molecule has 3 rings (SSSR count). The van der Waals surface area contributed by atoms with Crippen molar-refractivity contribution in [3.63, 3.8) is 0 Å². The molecule has 6 nitrogen and oxygen atoms in total. The summed E-state index contributed by atoms with van der Waals surface area (Å²) in [6.07, 6.45) is -6.43. The van der Waals surface area contributed by atoms with Crippen LogP contribution in [0.1, 0.15) is 18.5 Å². The van der Waals surface area contributed by atoms with E-state index < -0.39 is 52.2 Å². The van der Waals surface area contributed by atoms with Crippen molar-refractivity contribution in [1.29, 1.82) is 5.26 Å². The Bertz CT molecular complexity index is 1110. The summed E-state index contributed by atoms with van der Waals surface area (Å²) in [5, 5.41) is 18.2. The van der Waals surface area contributed by atoms with Crippen molar-refractivity contribution in [3.8, 4) is 17.3 Å². The number of hydrogen-bond acceptors (Lipinski definition) is 5. The molecule has 2 N–H and O–H groups in total. The first-order valence-electron chi connectivity index (χ1n) is 8.04. The van der Waals surface area contributed by atoms with Gasteiger partial charge in [-0.2, -0.15) is 18.4 Å². The molecule has 0 unspecified atom stereocenters. The van der Waals surface area contributed by atoms with Crippen LogP contribution in [-0.2, 0) is 10.0 Å². The van der Waals surface area contributed by atoms with E-state index in [4.69, 9.17) is 16.9 Å². The van der Waals surface area contributed by atoms with Gasteiger partial charge in [0.15, 0.2) is 17.1 Å². The van der Waals surface area contributed by atoms with Crippen LogP contribution in [0.25, 0.3) is 11.3 Å². The van der Waals surface area contributed by atoms with E-state index in [1.165, 1.54) is 12.1 Å². The summed E-state index contributed by atoms with van der Waals surface area (Å²) in [6, 6.07) is 6.26. The van der Waals surface area contributed by atoms with E-state index in [0.29, 0.717) is 0 Å². The Labute approximate surface area is 167 Å². The van der Waals surface area contributed by atoms with Crippen LogP contribution in [0.5, 0.6) is 0 Å². The van der Waals surface area contributed by atoms with E-state index in [-0.39, 0.29) is 21.2 Å². The Balaban J connectivity index is 1.81. The molecule has 1 aliphatic rings. The maximum Gasteiger partial charge on any atom is 0.417 e. The van der Waals surface area contributed by atoms with Gasteiger partial charge in [-0.25, -0.2) is 22.5 Å². The molecule has 154 valence electrons. The second kappa shape index (κ2) is 7.21. The van der Waals surface area contributed by atoms with Crippen LogP contribution < -0.4 is 4.72 Å². The lowest BCUT2D eigenvalue weighted by Gasteiger charge is -2.44. The smallest absolute Gasteiger partial charge is 0.380 e. The summed E-state index contributed by atoms with van der Waals surface area (Å²) in [6.45, 7) is 0. The minimum absolute atomic E-state index is 0.0729. The number of aliphatic hydroxyl groups is 1. The van der Waals surface area contributed by atoms with Gasteiger partial charge in [0.1, 0.15) is 6.07 Å². The molecule has 1 heterocycles. The van der Waals surface area contributed by atoms with Crippen LogP contribution in [0.2, 0.25) is 5.02 Å². The van der Waals surface area contributed by atoms with Crippen LogP contribution in [0.3, 0.4) is 0 Å². The van der Waals surface area contributed by atoms with Crippen LogP contribution in [0.4, 0.5) is 17.6 Å². The van der Waals surface area contributed by atoms with Crippen molar-refractivity contribution in [1.82, 2.24) is 9.71 Å². The van der Waals surface area contributed by atoms with Gasteiger partial charge in [0, 0.05) is 24.4 Å². The third-order valence-electron chi connectivity index (χ3n) is 4.50. The van der Waals surface area contributed by atoms with Crippen LogP contribution in [0.15, 0.2) is 35.2 Å². The number of halogens is 5. The Kier molecular flexibility index (Phi) is 5.33. The molecule has 1 fully saturated rings. The van der Waals surface area contributed by atoms with Gasteiger partial charge in [-0.15, -0.1) is 0 Å². The van der Waals surface area contributed by atoms with Crippen LogP contribution >= 0.6 is 11.6 Å². The molecule has 0 saturated heterocycles. The third kappa shape index (κ3) is 4.06. The monoisotopic (exact) mass is 449 g/mol. The van der Waals surface area contributed by atoms with Gasteiger partial charge in [0.25, 0.3) is 0 Å². The number of aromatic nitrogens is 1. The fourth-order valence-corrected chi connectivity index (χ4v) is 4.50. The molecule has 0 spiro atoms. The van der Waals surface area contributed by atoms with E-state index in [2.05, 4.69) is 9.71 Å². The van der Waals surface area contributed by atoms with Crippen molar-refractivity contribution in [2.24, 2.45) is 0 Å². The number of nitrogens with one attached hydrogen (secondary N) is 1. The molecule has 1 saturated carbocycles. The molecular weight excluding hydrogens is 438 g/mol. The van der Waals surface area contributed by atoms with Gasteiger partial charge < -0.3 is 5.11 Å². The maximum absolute atomic E-state index is 13.4. The number of nitriles is 1. The van der Waals surface area contributed by atoms with E-state index in [9.17, 15) is 31.1 Å². The van der Waals surface area contributed by atoms with Crippen molar-refractivity contribution in [2.75, 3.05) is 0 Å². The second-order valence-electron chi connectivity index (χ2n) is 6.54. The lowest BCUT2D eigenvalue weighted by Crippen LogP contribution is -2.62. The minimum Gasteiger partial charge on any atom is -0.380 e. The molecule has 2 aromatic rings. The molecular formula is C17H12ClF4N3O3S. The highest BCUT2D eigenvalue weighted by Crippen LogP contribution is 2.45. The maximum atomic E-state index is 13.4. The summed E-state index contributed by atoms with van der Waals surface area (Å²) in [4.78, 5) is 3.49. The van der Waals surface area contributed by atoms with Crippen molar-refractivity contribution in [3.05, 3.63) is 46.9 Å². The highest BCUT2D eigenvalue weighted by molar-refractivity contribution is 7.89. The van der Waals surface area contributed by atoms with Gasteiger partial charge >= 0.3 is 6.18 Å². The van der Waals surface area contributed by atoms with Gasteiger partial charge in [-0.3, -0.25) is 0 Å². The first-order valence-corrected chi connectivity index (χ1v) is 9.90. The zero-order valence-corrected chi connectivity index (χ0v) is 15.9. The molecule has 1 aromatic heterocycles. The van der Waals surface area contributed by atoms with Crippen molar-refractivity contribution >= 4 is 21.6 Å². The quantitative estimate of drug-likeness (QED) is 0.698. The summed E-state index contributed by atoms with van der Waals surface area (Å²) in [7, 11) is -4.20. The molecule has 0 radical (unpaired) electrons. The summed E-state index contributed by atoms with van der Waals surface area (Å²) in [5.41, 5.74) is -3.00. The zero-order valence-electron chi connectivity index (χ0n) is 14.3. The molecule has 29 heavy (non-hydrogen) atoms. The fourth-order valence-electron chi connectivity index (χ4n) is 2.90. The summed E-state index contributed by atoms with van der Waals surface area (Å²) >= 11 is 6.10. The Morgan fingerprint density at radius 1 is 1.28 bits per heavy atom. The first kappa shape index (κ1) is 21.4. The molecule has 0 bridgehead atoms. The highest BCUT2D eigenvalue weighted by Gasteiger charge is 2.61. The highest BCUT2D eigenvalue weighted by atomic mass is 35.5. The summed E-state index contributed by atoms with van der Waals surface area (Å²) in [5.74, 6) is -0.824. The summed E-state index contributed by atoms with van der Waals surface area (Å²) < 4.78 is 78.3. The molecule has 0 amide bonds. The number of pyridine rings is 1. The van der Waals surface area contributed by atoms with E-state index >= 15 is 0 Å². The predicted molar refractivity (Wildman–Crippen MR) is 93.7 cm³/mol. The van der Waals surface area contributed by atoms with Crippen molar-refractivity contribution in [2.45, 2.75) is 35.6 Å². The second-order valence-corrected chi connectivity index (χ2v) is 8.66. The Morgan fingerprint density at radius 3 is 2.48 bits per heavy atom. The van der Waals surface area contributed by atoms with E-state index in [1.54, 1.807) is 6.07 Å². The first-order chi connectivity index (χ1) is 13.4. The third-order valence-corrected chi connectivity index (χ3v) is 6.33. The van der Waals surface area contributed by atoms with Gasteiger partial charge in [-0.1, -0.05) is 11.6 Å². The Morgan fingerprint density at radius 2 is 1.93 bits per heavy atom. The zero-order chi connectivity index (χ0) is 21.6. The SMILES string of the molecule is N#Cc1nc(-c2ccc(S(=O)(=O)NC3CC(O)(C(F)(F)F)C3)cc2Cl)ccc1F. The van der Waals surface area contributed by atoms with Crippen LogP contribution in [0, 0.1) is 17.1 Å². The fraction of sp³-hybridized carbons (Fsp3) is 0.294. The largest absolute Gasteiger partial charge is 0.417 e. The number of alkyl halides is 3. The predicted octanol–water partition coefficient (Wildman–Crippen LogP) is 3.15. The van der Waals surface area contributed by atoms with Crippen molar-refractivity contribution < 1.29 is 31.1 Å². The van der Waals surface area contributed by atoms with Gasteiger partial charge in [0.05, 0.1) is 15.6 Å². The average molecular weight is 450 g/mol. The van der Waals surface area contributed by atoms with Crippen LogP contribution in [-0.4, -0.2) is 36.3 Å². The lowest BCUT2D eigenvalue weighted by atomic mass is 9.76.